The van der Waals surface area contributed by atoms with Gasteiger partial charge in [-0.1, -0.05) is 36.1 Å². The van der Waals surface area contributed by atoms with E-state index in [1.165, 1.54) is 34.1 Å². The Balaban J connectivity index is 1.88. The topological polar surface area (TPSA) is 113 Å². The highest BCUT2D eigenvalue weighted by Crippen LogP contribution is 2.31. The number of nitro benzene ring substituents is 1. The summed E-state index contributed by atoms with van der Waals surface area (Å²) >= 11 is 1.18. The number of aromatic nitrogens is 1. The number of fused-ring (bicyclic) bond motifs is 1. The molecule has 2 aromatic carbocycles. The van der Waals surface area contributed by atoms with Gasteiger partial charge in [0.15, 0.2) is 4.80 Å². The monoisotopic (exact) mass is 491 g/mol. The third-order valence-corrected chi connectivity index (χ3v) is 6.39. The summed E-state index contributed by atoms with van der Waals surface area (Å²) in [7, 11) is 1.55. The third-order valence-electron chi connectivity index (χ3n) is 5.41. The summed E-state index contributed by atoms with van der Waals surface area (Å²) < 4.78 is 12.4. The molecule has 1 aromatic heterocycles. The average Bonchev–Trinajstić information content (AvgIpc) is 3.16. The lowest BCUT2D eigenvalue weighted by molar-refractivity contribution is -0.384. The molecule has 0 fully saturated rings. The highest BCUT2D eigenvalue weighted by Gasteiger charge is 2.33. The van der Waals surface area contributed by atoms with E-state index >= 15 is 0 Å². The van der Waals surface area contributed by atoms with E-state index in [1.54, 1.807) is 56.5 Å². The molecule has 1 aliphatic heterocycles. The van der Waals surface area contributed by atoms with E-state index in [1.807, 2.05) is 0 Å². The molecule has 9 nitrogen and oxygen atoms in total. The predicted octanol–water partition coefficient (Wildman–Crippen LogP) is 2.88. The number of hydrogen-bond donors (Lipinski definition) is 0. The minimum absolute atomic E-state index is 0.0233. The van der Waals surface area contributed by atoms with Gasteiger partial charge >= 0.3 is 5.97 Å². The summed E-state index contributed by atoms with van der Waals surface area (Å²) in [6.07, 6.45) is 3.11. The van der Waals surface area contributed by atoms with Crippen molar-refractivity contribution in [2.24, 2.45) is 4.99 Å². The lowest BCUT2D eigenvalue weighted by atomic mass is 9.96. The first-order valence-electron chi connectivity index (χ1n) is 10.5. The van der Waals surface area contributed by atoms with E-state index in [0.29, 0.717) is 31.9 Å². The number of carbonyl (C=O) groups is 1. The molecule has 0 saturated carbocycles. The maximum Gasteiger partial charge on any atom is 0.338 e. The van der Waals surface area contributed by atoms with Crippen molar-refractivity contribution in [3.8, 4) is 5.75 Å². The van der Waals surface area contributed by atoms with Gasteiger partial charge < -0.3 is 9.47 Å². The van der Waals surface area contributed by atoms with Crippen LogP contribution in [0.1, 0.15) is 24.1 Å². The van der Waals surface area contributed by atoms with Gasteiger partial charge in [0, 0.05) is 12.1 Å². The summed E-state index contributed by atoms with van der Waals surface area (Å²) in [5.74, 6) is 0.0485. The third kappa shape index (κ3) is 4.69. The number of esters is 1. The lowest BCUT2D eigenvalue weighted by Crippen LogP contribution is -2.39. The van der Waals surface area contributed by atoms with E-state index in [9.17, 15) is 19.7 Å². The van der Waals surface area contributed by atoms with E-state index in [2.05, 4.69) is 11.6 Å². The Morgan fingerprint density at radius 1 is 1.23 bits per heavy atom. The second-order valence-electron chi connectivity index (χ2n) is 7.59. The van der Waals surface area contributed by atoms with Gasteiger partial charge in [-0.25, -0.2) is 9.79 Å². The molecule has 178 valence electrons. The number of thiazole rings is 1. The number of carbonyl (C=O) groups excluding carboxylic acids is 1. The summed E-state index contributed by atoms with van der Waals surface area (Å²) in [6, 6.07) is 12.2. The second-order valence-corrected chi connectivity index (χ2v) is 8.60. The fourth-order valence-corrected chi connectivity index (χ4v) is 4.79. The Morgan fingerprint density at radius 2 is 1.91 bits per heavy atom. The quantitative estimate of drug-likeness (QED) is 0.217. The van der Waals surface area contributed by atoms with Crippen LogP contribution < -0.4 is 19.6 Å². The number of non-ortho nitro benzene ring substituents is 1. The van der Waals surface area contributed by atoms with Gasteiger partial charge in [0.25, 0.3) is 11.2 Å². The molecule has 0 saturated heterocycles. The fourth-order valence-electron chi connectivity index (χ4n) is 3.74. The molecule has 0 N–H and O–H groups in total. The number of methoxy groups -OCH3 is 1. The fraction of sp³-hybridized carbons (Fsp3) is 0.160. The Hall–Kier alpha value is -4.31. The molecule has 35 heavy (non-hydrogen) atoms. The highest BCUT2D eigenvalue weighted by molar-refractivity contribution is 7.07. The summed E-state index contributed by atoms with van der Waals surface area (Å²) in [5.41, 5.74) is 1.64. The number of nitro groups is 1. The van der Waals surface area contributed by atoms with Gasteiger partial charge in [-0.15, -0.1) is 0 Å². The standard InChI is InChI=1S/C25H21N3O6S/c1-4-13-34-24(30)21-15(2)26-25-27(22(21)17-7-11-19(33-3)12-8-17)23(29)20(35-25)14-16-5-9-18(10-6-16)28(31)32/h4-12,14,22H,1,13H2,2-3H3/b20-14+/t22-/m1/s1. The van der Waals surface area contributed by atoms with Crippen LogP contribution in [0.5, 0.6) is 5.75 Å². The van der Waals surface area contributed by atoms with Crippen molar-refractivity contribution in [1.29, 1.82) is 0 Å². The van der Waals surface area contributed by atoms with Gasteiger partial charge in [-0.2, -0.15) is 0 Å². The van der Waals surface area contributed by atoms with E-state index in [4.69, 9.17) is 9.47 Å². The maximum absolute atomic E-state index is 13.5. The molecule has 0 amide bonds. The van der Waals surface area contributed by atoms with E-state index in [0.717, 1.165) is 0 Å². The van der Waals surface area contributed by atoms with Crippen LogP contribution in [-0.2, 0) is 9.53 Å². The molecule has 1 aliphatic rings. The summed E-state index contributed by atoms with van der Waals surface area (Å²) in [4.78, 5) is 41.9. The number of rotatable bonds is 7. The first-order valence-corrected chi connectivity index (χ1v) is 11.3. The minimum atomic E-state index is -0.756. The van der Waals surface area contributed by atoms with Crippen molar-refractivity contribution in [3.63, 3.8) is 0 Å². The Bertz CT molecular complexity index is 1520. The van der Waals surface area contributed by atoms with Crippen LogP contribution in [0.2, 0.25) is 0 Å². The molecule has 0 unspecified atom stereocenters. The van der Waals surface area contributed by atoms with Crippen LogP contribution in [0, 0.1) is 10.1 Å². The van der Waals surface area contributed by atoms with Crippen molar-refractivity contribution >= 4 is 29.1 Å². The number of ether oxygens (including phenoxy) is 2. The highest BCUT2D eigenvalue weighted by atomic mass is 32.1. The normalized spacial score (nSPS) is 15.3. The Morgan fingerprint density at radius 3 is 2.51 bits per heavy atom. The van der Waals surface area contributed by atoms with Gasteiger partial charge in [-0.3, -0.25) is 19.5 Å². The SMILES string of the molecule is C=CCOC(=O)C1=C(C)N=c2s/c(=C/c3ccc([N+](=O)[O-])cc3)c(=O)n2[C@@H]1c1ccc(OC)cc1. The number of allylic oxidation sites excluding steroid dienone is 1. The summed E-state index contributed by atoms with van der Waals surface area (Å²) in [6.45, 7) is 5.30. The average molecular weight is 492 g/mol. The van der Waals surface area contributed by atoms with Crippen molar-refractivity contribution in [2.45, 2.75) is 13.0 Å². The lowest BCUT2D eigenvalue weighted by Gasteiger charge is -2.24. The molecule has 0 aliphatic carbocycles. The first kappa shape index (κ1) is 23.8. The van der Waals surface area contributed by atoms with Crippen molar-refractivity contribution in [3.05, 3.63) is 113 Å². The Kier molecular flexibility index (Phi) is 6.74. The van der Waals surface area contributed by atoms with Gasteiger partial charge in [0.1, 0.15) is 12.4 Å². The molecular weight excluding hydrogens is 470 g/mol. The second kappa shape index (κ2) is 9.90. The van der Waals surface area contributed by atoms with Crippen molar-refractivity contribution in [2.75, 3.05) is 13.7 Å². The molecule has 1 atom stereocenters. The van der Waals surface area contributed by atoms with Crippen LogP contribution in [0.25, 0.3) is 6.08 Å². The van der Waals surface area contributed by atoms with Crippen LogP contribution in [0.3, 0.4) is 0 Å². The molecule has 3 aromatic rings. The zero-order valence-corrected chi connectivity index (χ0v) is 19.8. The summed E-state index contributed by atoms with van der Waals surface area (Å²) in [5, 5.41) is 10.9. The maximum atomic E-state index is 13.5. The number of hydrogen-bond acceptors (Lipinski definition) is 8. The van der Waals surface area contributed by atoms with E-state index < -0.39 is 16.9 Å². The molecule has 10 heteroatoms. The van der Waals surface area contributed by atoms with Crippen molar-refractivity contribution < 1.29 is 19.2 Å². The molecule has 0 spiro atoms. The molecule has 0 radical (unpaired) electrons. The van der Waals surface area contributed by atoms with Crippen LogP contribution in [0.15, 0.2) is 82.2 Å². The zero-order chi connectivity index (χ0) is 25.1. The van der Waals surface area contributed by atoms with Gasteiger partial charge in [0.05, 0.1) is 33.9 Å². The van der Waals surface area contributed by atoms with Crippen LogP contribution in [-0.4, -0.2) is 29.2 Å². The minimum Gasteiger partial charge on any atom is -0.497 e. The zero-order valence-electron chi connectivity index (χ0n) is 19.0. The molecule has 0 bridgehead atoms. The van der Waals surface area contributed by atoms with Crippen LogP contribution in [0.4, 0.5) is 5.69 Å². The first-order chi connectivity index (χ1) is 16.8. The van der Waals surface area contributed by atoms with Gasteiger partial charge in [0.2, 0.25) is 0 Å². The Labute approximate surface area is 203 Å². The van der Waals surface area contributed by atoms with Crippen molar-refractivity contribution in [1.82, 2.24) is 4.57 Å². The largest absolute Gasteiger partial charge is 0.497 e. The van der Waals surface area contributed by atoms with Gasteiger partial charge in [-0.05, 0) is 48.4 Å². The molecule has 2 heterocycles. The van der Waals surface area contributed by atoms with E-state index in [-0.39, 0.29) is 23.4 Å². The van der Waals surface area contributed by atoms with Crippen LogP contribution >= 0.6 is 11.3 Å². The smallest absolute Gasteiger partial charge is 0.338 e. The predicted molar refractivity (Wildman–Crippen MR) is 131 cm³/mol. The molecular formula is C25H21N3O6S. The number of benzene rings is 2. The molecule has 4 rings (SSSR count). The number of nitrogens with zero attached hydrogens (tertiary/aromatic N) is 3.